The summed E-state index contributed by atoms with van der Waals surface area (Å²) in [5.41, 5.74) is 0. The zero-order chi connectivity index (χ0) is 42.8. The van der Waals surface area contributed by atoms with Crippen LogP contribution in [0.4, 0.5) is 0 Å². The van der Waals surface area contributed by atoms with Crippen LogP contribution < -0.4 is 0 Å². The summed E-state index contributed by atoms with van der Waals surface area (Å²) in [7, 11) is 5.52. The van der Waals surface area contributed by atoms with Crippen molar-refractivity contribution < 1.29 is 38.2 Å². The Kier molecular flexibility index (Phi) is 38.7. The summed E-state index contributed by atoms with van der Waals surface area (Å²) in [5.74, 6) is -1.50. The molecule has 8 nitrogen and oxygen atoms in total. The fraction of sp³-hybridized carbons (Fsp3) is 0.740. The third-order valence-corrected chi connectivity index (χ3v) is 10.2. The number of carbonyl (C=O) groups excluding carboxylic acids is 2. The van der Waals surface area contributed by atoms with E-state index in [4.69, 9.17) is 14.2 Å². The van der Waals surface area contributed by atoms with Crippen LogP contribution in [0, 0.1) is 0 Å². The average Bonchev–Trinajstić information content (AvgIpc) is 3.18. The van der Waals surface area contributed by atoms with Gasteiger partial charge in [-0.2, -0.15) is 0 Å². The number of nitrogens with zero attached hydrogens (tertiary/aromatic N) is 1. The Morgan fingerprint density at radius 2 is 1.02 bits per heavy atom. The van der Waals surface area contributed by atoms with Crippen LogP contribution in [-0.2, 0) is 28.6 Å². The number of likely N-dealkylation sites (N-methyl/N-ethyl adjacent to an activating group) is 1. The summed E-state index contributed by atoms with van der Waals surface area (Å²) in [6.45, 7) is 4.58. The molecular weight excluding hydrogens is 727 g/mol. The summed E-state index contributed by atoms with van der Waals surface area (Å²) in [5, 5.41) is 9.63. The molecule has 0 rings (SSSR count). The van der Waals surface area contributed by atoms with Crippen LogP contribution in [0.2, 0.25) is 0 Å². The molecule has 0 aliphatic carbocycles. The Bertz CT molecular complexity index is 1130. The SMILES string of the molecule is CC/C=C/C/C=C/C/C=C/CCCCCCC(=O)OCC(COCCC(C(=O)O)[N+](C)(C)C)OC(=O)CCCCCCCCCCCC/C=C/C=C/CCCCCC. The first-order chi connectivity index (χ1) is 28.1. The molecule has 0 heterocycles. The van der Waals surface area contributed by atoms with Gasteiger partial charge < -0.3 is 23.8 Å². The first-order valence-electron chi connectivity index (χ1n) is 23.3. The van der Waals surface area contributed by atoms with Gasteiger partial charge in [-0.05, 0) is 70.6 Å². The fourth-order valence-electron chi connectivity index (χ4n) is 6.57. The minimum atomic E-state index is -0.880. The van der Waals surface area contributed by atoms with E-state index < -0.39 is 18.1 Å². The predicted molar refractivity (Wildman–Crippen MR) is 243 cm³/mol. The molecule has 0 spiro atoms. The van der Waals surface area contributed by atoms with Gasteiger partial charge in [0.1, 0.15) is 6.61 Å². The van der Waals surface area contributed by atoms with Crippen molar-refractivity contribution >= 4 is 17.9 Å². The van der Waals surface area contributed by atoms with E-state index in [2.05, 4.69) is 74.6 Å². The predicted octanol–water partition coefficient (Wildman–Crippen LogP) is 13.0. The third-order valence-electron chi connectivity index (χ3n) is 10.2. The first kappa shape index (κ1) is 55.0. The molecule has 2 atom stereocenters. The van der Waals surface area contributed by atoms with Gasteiger partial charge in [-0.3, -0.25) is 9.59 Å². The van der Waals surface area contributed by atoms with E-state index in [1.807, 2.05) is 21.1 Å². The van der Waals surface area contributed by atoms with Gasteiger partial charge in [0.2, 0.25) is 0 Å². The number of carboxylic acid groups (broad SMARTS) is 1. The molecule has 0 amide bonds. The lowest BCUT2D eigenvalue weighted by Gasteiger charge is -2.31. The van der Waals surface area contributed by atoms with Gasteiger partial charge in [-0.15, -0.1) is 0 Å². The van der Waals surface area contributed by atoms with Gasteiger partial charge in [0.15, 0.2) is 12.1 Å². The second kappa shape index (κ2) is 40.8. The van der Waals surface area contributed by atoms with E-state index >= 15 is 0 Å². The minimum absolute atomic E-state index is 0.0506. The van der Waals surface area contributed by atoms with Gasteiger partial charge in [0.05, 0.1) is 34.4 Å². The largest absolute Gasteiger partial charge is 0.477 e. The van der Waals surface area contributed by atoms with Crippen LogP contribution in [-0.4, -0.2) is 80.6 Å². The quantitative estimate of drug-likeness (QED) is 0.0216. The van der Waals surface area contributed by atoms with Crippen molar-refractivity contribution in [3.05, 3.63) is 60.8 Å². The van der Waals surface area contributed by atoms with Crippen LogP contribution in [0.15, 0.2) is 60.8 Å². The van der Waals surface area contributed by atoms with Crippen LogP contribution in [0.3, 0.4) is 0 Å². The zero-order valence-corrected chi connectivity index (χ0v) is 38.0. The molecule has 1 N–H and O–H groups in total. The van der Waals surface area contributed by atoms with Gasteiger partial charge >= 0.3 is 17.9 Å². The maximum absolute atomic E-state index is 12.8. The van der Waals surface area contributed by atoms with Gasteiger partial charge in [0.25, 0.3) is 0 Å². The number of hydrogen-bond acceptors (Lipinski definition) is 6. The molecule has 58 heavy (non-hydrogen) atoms. The number of hydrogen-bond donors (Lipinski definition) is 1. The van der Waals surface area contributed by atoms with Crippen LogP contribution in [0.25, 0.3) is 0 Å². The maximum atomic E-state index is 12.8. The second-order valence-corrected chi connectivity index (χ2v) is 16.7. The van der Waals surface area contributed by atoms with Gasteiger partial charge in [-0.25, -0.2) is 4.79 Å². The summed E-state index contributed by atoms with van der Waals surface area (Å²) in [4.78, 5) is 37.0. The number of unbranched alkanes of at least 4 members (excludes halogenated alkanes) is 18. The highest BCUT2D eigenvalue weighted by atomic mass is 16.6. The van der Waals surface area contributed by atoms with Crippen molar-refractivity contribution in [1.82, 2.24) is 0 Å². The Balaban J connectivity index is 4.32. The molecule has 0 aromatic carbocycles. The average molecular weight is 815 g/mol. The smallest absolute Gasteiger partial charge is 0.362 e. The van der Waals surface area contributed by atoms with E-state index in [1.165, 1.54) is 83.5 Å². The minimum Gasteiger partial charge on any atom is -0.477 e. The highest BCUT2D eigenvalue weighted by Gasteiger charge is 2.31. The molecule has 0 aliphatic heterocycles. The summed E-state index contributed by atoms with van der Waals surface area (Å²) in [6.07, 6.45) is 49.8. The van der Waals surface area contributed by atoms with Crippen LogP contribution in [0.1, 0.15) is 187 Å². The topological polar surface area (TPSA) is 99.1 Å². The van der Waals surface area contributed by atoms with Crippen molar-refractivity contribution in [2.75, 3.05) is 41.0 Å². The van der Waals surface area contributed by atoms with E-state index in [0.717, 1.165) is 70.6 Å². The molecule has 0 fully saturated rings. The van der Waals surface area contributed by atoms with E-state index in [0.29, 0.717) is 19.3 Å². The zero-order valence-electron chi connectivity index (χ0n) is 38.0. The normalized spacial score (nSPS) is 13.5. The number of esters is 2. The molecule has 0 radical (unpaired) electrons. The molecule has 0 aromatic heterocycles. The number of ether oxygens (including phenoxy) is 3. The Hall–Kier alpha value is -2.97. The maximum Gasteiger partial charge on any atom is 0.362 e. The van der Waals surface area contributed by atoms with Crippen molar-refractivity contribution in [2.45, 2.75) is 199 Å². The lowest BCUT2D eigenvalue weighted by molar-refractivity contribution is -0.887. The van der Waals surface area contributed by atoms with Crippen molar-refractivity contribution in [2.24, 2.45) is 0 Å². The van der Waals surface area contributed by atoms with E-state index in [9.17, 15) is 19.5 Å². The molecule has 0 aliphatic rings. The Labute approximate surface area is 356 Å². The number of aliphatic carboxylic acids is 1. The lowest BCUT2D eigenvalue weighted by atomic mass is 10.1. The summed E-state index contributed by atoms with van der Waals surface area (Å²) in [6, 6.07) is -0.620. The van der Waals surface area contributed by atoms with Crippen molar-refractivity contribution in [3.63, 3.8) is 0 Å². The van der Waals surface area contributed by atoms with Gasteiger partial charge in [-0.1, -0.05) is 158 Å². The highest BCUT2D eigenvalue weighted by molar-refractivity contribution is 5.72. The number of carboxylic acids is 1. The molecule has 334 valence electrons. The summed E-state index contributed by atoms with van der Waals surface area (Å²) < 4.78 is 17.3. The number of allylic oxidation sites excluding steroid dienone is 10. The molecule has 0 saturated carbocycles. The molecule has 2 unspecified atom stereocenters. The number of rotatable bonds is 41. The molecule has 0 aromatic rings. The van der Waals surface area contributed by atoms with Gasteiger partial charge in [0, 0.05) is 19.3 Å². The molecule has 8 heteroatoms. The standard InChI is InChI=1S/C50H87NO7/c1-6-8-10-12-14-16-18-20-22-23-24-25-26-27-29-31-33-35-37-39-41-49(53)58-46(44-56-43-42-47(50(54)55)51(3,4)5)45-57-48(52)40-38-36-34-32-30-28-21-19-17-15-13-11-9-7-2/h9,11,15-18,20-22,28,46-47H,6-8,10,12-14,19,23-27,29-45H2,1-5H3/p+1/b11-9+,17-15+,18-16+,22-20+,28-21+. The highest BCUT2D eigenvalue weighted by Crippen LogP contribution is 2.14. The molecular formula is C50H88NO7+. The number of carbonyl (C=O) groups is 3. The summed E-state index contributed by atoms with van der Waals surface area (Å²) >= 11 is 0. The third kappa shape index (κ3) is 38.5. The monoisotopic (exact) mass is 815 g/mol. The van der Waals surface area contributed by atoms with E-state index in [1.54, 1.807) is 0 Å². The number of quaternary nitrogens is 1. The van der Waals surface area contributed by atoms with Crippen molar-refractivity contribution in [1.29, 1.82) is 0 Å². The lowest BCUT2D eigenvalue weighted by Crippen LogP contribution is -2.50. The first-order valence-corrected chi connectivity index (χ1v) is 23.3. The van der Waals surface area contributed by atoms with Crippen molar-refractivity contribution in [3.8, 4) is 0 Å². The fourth-order valence-corrected chi connectivity index (χ4v) is 6.57. The van der Waals surface area contributed by atoms with E-state index in [-0.39, 0.29) is 36.2 Å². The second-order valence-electron chi connectivity index (χ2n) is 16.7. The van der Waals surface area contributed by atoms with Crippen LogP contribution in [0.5, 0.6) is 0 Å². The molecule has 0 bridgehead atoms. The van der Waals surface area contributed by atoms with Crippen LogP contribution >= 0.6 is 0 Å². The Morgan fingerprint density at radius 3 is 1.53 bits per heavy atom. The molecule has 0 saturated heterocycles. The Morgan fingerprint density at radius 1 is 0.552 bits per heavy atom.